The molecule has 1 aliphatic heterocycles. The van der Waals surface area contributed by atoms with E-state index in [-0.39, 0.29) is 6.61 Å². The first-order valence-corrected chi connectivity index (χ1v) is 6.64. The van der Waals surface area contributed by atoms with E-state index in [0.29, 0.717) is 19.6 Å². The summed E-state index contributed by atoms with van der Waals surface area (Å²) in [5, 5.41) is 9.84. The van der Waals surface area contributed by atoms with Gasteiger partial charge in [0, 0.05) is 29.7 Å². The van der Waals surface area contributed by atoms with Gasteiger partial charge in [-0.2, -0.15) is 0 Å². The predicted octanol–water partition coefficient (Wildman–Crippen LogP) is 2.12. The van der Waals surface area contributed by atoms with Gasteiger partial charge < -0.3 is 14.6 Å². The van der Waals surface area contributed by atoms with Crippen molar-refractivity contribution >= 4 is 11.3 Å². The Morgan fingerprint density at radius 3 is 2.89 bits per heavy atom. The van der Waals surface area contributed by atoms with E-state index in [9.17, 15) is 0 Å². The molecule has 94 valence electrons. The van der Waals surface area contributed by atoms with Crippen LogP contribution in [-0.2, 0) is 6.42 Å². The number of hydrogen-bond donors (Lipinski definition) is 1. The fourth-order valence-electron chi connectivity index (χ4n) is 1.84. The number of benzene rings is 1. The second-order valence-electron chi connectivity index (χ2n) is 3.96. The number of ether oxygens (including phenoxy) is 2. The molecule has 1 aromatic carbocycles. The third-order valence-electron chi connectivity index (χ3n) is 2.70. The second kappa shape index (κ2) is 4.96. The van der Waals surface area contributed by atoms with Gasteiger partial charge in [-0.1, -0.05) is 0 Å². The van der Waals surface area contributed by atoms with Crippen LogP contribution >= 0.6 is 11.3 Å². The molecule has 5 heteroatoms. The SMILES string of the molecule is OCCc1cnc(-c2ccc3c(c2)OCCO3)s1. The zero-order valence-electron chi connectivity index (χ0n) is 9.76. The predicted molar refractivity (Wildman–Crippen MR) is 69.3 cm³/mol. The smallest absolute Gasteiger partial charge is 0.162 e. The van der Waals surface area contributed by atoms with Crippen molar-refractivity contribution in [3.8, 4) is 22.1 Å². The van der Waals surface area contributed by atoms with Gasteiger partial charge in [-0.3, -0.25) is 0 Å². The molecule has 0 fully saturated rings. The Hall–Kier alpha value is -1.59. The Morgan fingerprint density at radius 1 is 1.22 bits per heavy atom. The zero-order valence-corrected chi connectivity index (χ0v) is 10.6. The van der Waals surface area contributed by atoms with Crippen molar-refractivity contribution in [2.45, 2.75) is 6.42 Å². The number of aromatic nitrogens is 1. The van der Waals surface area contributed by atoms with Crippen molar-refractivity contribution in [2.24, 2.45) is 0 Å². The fraction of sp³-hybridized carbons (Fsp3) is 0.308. The number of fused-ring (bicyclic) bond motifs is 1. The van der Waals surface area contributed by atoms with E-state index in [2.05, 4.69) is 4.98 Å². The lowest BCUT2D eigenvalue weighted by molar-refractivity contribution is 0.171. The first-order valence-electron chi connectivity index (χ1n) is 5.82. The van der Waals surface area contributed by atoms with Crippen LogP contribution < -0.4 is 9.47 Å². The highest BCUT2D eigenvalue weighted by Crippen LogP contribution is 2.35. The average Bonchev–Trinajstić information content (AvgIpc) is 2.87. The maximum absolute atomic E-state index is 8.90. The fourth-order valence-corrected chi connectivity index (χ4v) is 2.74. The van der Waals surface area contributed by atoms with Gasteiger partial charge in [0.25, 0.3) is 0 Å². The van der Waals surface area contributed by atoms with Crippen molar-refractivity contribution in [1.29, 1.82) is 0 Å². The average molecular weight is 263 g/mol. The van der Waals surface area contributed by atoms with Crippen LogP contribution in [0.3, 0.4) is 0 Å². The van der Waals surface area contributed by atoms with E-state index in [0.717, 1.165) is 26.9 Å². The Bertz CT molecular complexity index is 553. The summed E-state index contributed by atoms with van der Waals surface area (Å²) in [4.78, 5) is 5.45. The van der Waals surface area contributed by atoms with Crippen molar-refractivity contribution < 1.29 is 14.6 Å². The number of aliphatic hydroxyl groups is 1. The summed E-state index contributed by atoms with van der Waals surface area (Å²) in [6, 6.07) is 5.85. The van der Waals surface area contributed by atoms with Crippen molar-refractivity contribution in [2.75, 3.05) is 19.8 Å². The highest BCUT2D eigenvalue weighted by Gasteiger charge is 2.13. The summed E-state index contributed by atoms with van der Waals surface area (Å²) in [6.45, 7) is 1.34. The number of aliphatic hydroxyl groups excluding tert-OH is 1. The molecule has 0 saturated heterocycles. The monoisotopic (exact) mass is 263 g/mol. The molecule has 0 saturated carbocycles. The molecule has 4 nitrogen and oxygen atoms in total. The third-order valence-corrected chi connectivity index (χ3v) is 3.81. The number of hydrogen-bond acceptors (Lipinski definition) is 5. The summed E-state index contributed by atoms with van der Waals surface area (Å²) >= 11 is 1.59. The molecule has 2 aromatic rings. The molecule has 2 heterocycles. The minimum absolute atomic E-state index is 0.156. The molecule has 0 atom stereocenters. The van der Waals surface area contributed by atoms with E-state index in [1.54, 1.807) is 11.3 Å². The molecule has 1 aliphatic rings. The van der Waals surface area contributed by atoms with Crippen LogP contribution in [0.2, 0.25) is 0 Å². The van der Waals surface area contributed by atoms with Crippen LogP contribution in [0.5, 0.6) is 11.5 Å². The van der Waals surface area contributed by atoms with Gasteiger partial charge in [0.05, 0.1) is 0 Å². The molecule has 18 heavy (non-hydrogen) atoms. The summed E-state index contributed by atoms with van der Waals surface area (Å²) in [5.74, 6) is 1.56. The first-order chi connectivity index (χ1) is 8.86. The maximum atomic E-state index is 8.90. The van der Waals surface area contributed by atoms with Gasteiger partial charge >= 0.3 is 0 Å². The molecular weight excluding hydrogens is 250 g/mol. The van der Waals surface area contributed by atoms with E-state index < -0.39 is 0 Å². The molecule has 1 aromatic heterocycles. The minimum atomic E-state index is 0.156. The van der Waals surface area contributed by atoms with Crippen LogP contribution in [0.1, 0.15) is 4.88 Å². The van der Waals surface area contributed by atoms with E-state index in [1.165, 1.54) is 0 Å². The quantitative estimate of drug-likeness (QED) is 0.921. The highest BCUT2D eigenvalue weighted by molar-refractivity contribution is 7.15. The lowest BCUT2D eigenvalue weighted by atomic mass is 10.2. The van der Waals surface area contributed by atoms with Gasteiger partial charge in [-0.15, -0.1) is 11.3 Å². The van der Waals surface area contributed by atoms with Crippen molar-refractivity contribution in [3.63, 3.8) is 0 Å². The molecule has 0 aliphatic carbocycles. The second-order valence-corrected chi connectivity index (χ2v) is 5.08. The van der Waals surface area contributed by atoms with Crippen LogP contribution in [0.15, 0.2) is 24.4 Å². The molecule has 1 N–H and O–H groups in total. The lowest BCUT2D eigenvalue weighted by Gasteiger charge is -2.18. The Kier molecular flexibility index (Phi) is 3.17. The highest BCUT2D eigenvalue weighted by atomic mass is 32.1. The standard InChI is InChI=1S/C13H13NO3S/c15-4-3-10-8-14-13(18-10)9-1-2-11-12(7-9)17-6-5-16-11/h1-2,7-8,15H,3-6H2. The van der Waals surface area contributed by atoms with Gasteiger partial charge in [0.1, 0.15) is 18.2 Å². The summed E-state index contributed by atoms with van der Waals surface area (Å²) < 4.78 is 11.0. The molecule has 0 unspecified atom stereocenters. The number of thiazole rings is 1. The topological polar surface area (TPSA) is 51.6 Å². The molecule has 0 spiro atoms. The minimum Gasteiger partial charge on any atom is -0.486 e. The molecule has 3 rings (SSSR count). The summed E-state index contributed by atoms with van der Waals surface area (Å²) in [7, 11) is 0. The third kappa shape index (κ3) is 2.19. The van der Waals surface area contributed by atoms with Gasteiger partial charge in [-0.25, -0.2) is 4.98 Å². The lowest BCUT2D eigenvalue weighted by Crippen LogP contribution is -2.15. The van der Waals surface area contributed by atoms with Crippen LogP contribution in [-0.4, -0.2) is 29.9 Å². The number of nitrogens with zero attached hydrogens (tertiary/aromatic N) is 1. The Morgan fingerprint density at radius 2 is 2.06 bits per heavy atom. The number of rotatable bonds is 3. The van der Waals surface area contributed by atoms with Crippen LogP contribution in [0, 0.1) is 0 Å². The zero-order chi connectivity index (χ0) is 12.4. The van der Waals surface area contributed by atoms with Crippen LogP contribution in [0.4, 0.5) is 0 Å². The van der Waals surface area contributed by atoms with E-state index in [4.69, 9.17) is 14.6 Å². The first kappa shape index (κ1) is 11.5. The van der Waals surface area contributed by atoms with Gasteiger partial charge in [0.2, 0.25) is 0 Å². The van der Waals surface area contributed by atoms with Gasteiger partial charge in [-0.05, 0) is 18.2 Å². The largest absolute Gasteiger partial charge is 0.486 e. The molecule has 0 amide bonds. The Balaban J connectivity index is 1.91. The maximum Gasteiger partial charge on any atom is 0.162 e. The Labute approximate surface area is 109 Å². The summed E-state index contributed by atoms with van der Waals surface area (Å²) in [5.41, 5.74) is 1.02. The van der Waals surface area contributed by atoms with E-state index in [1.807, 2.05) is 24.4 Å². The molecule has 0 radical (unpaired) electrons. The van der Waals surface area contributed by atoms with Gasteiger partial charge in [0.15, 0.2) is 11.5 Å². The van der Waals surface area contributed by atoms with Crippen molar-refractivity contribution in [1.82, 2.24) is 4.98 Å². The summed E-state index contributed by atoms with van der Waals surface area (Å²) in [6.07, 6.45) is 2.47. The molecular formula is C13H13NO3S. The van der Waals surface area contributed by atoms with E-state index >= 15 is 0 Å². The van der Waals surface area contributed by atoms with Crippen LogP contribution in [0.25, 0.3) is 10.6 Å². The van der Waals surface area contributed by atoms with Crippen molar-refractivity contribution in [3.05, 3.63) is 29.3 Å². The normalized spacial score (nSPS) is 13.6. The molecule has 0 bridgehead atoms.